The maximum atomic E-state index is 13.4. The molecule has 3 atom stereocenters. The van der Waals surface area contributed by atoms with Gasteiger partial charge < -0.3 is 14.8 Å². The van der Waals surface area contributed by atoms with Crippen molar-refractivity contribution in [3.63, 3.8) is 0 Å². The number of alkyl carbamates (subject to hydrolysis) is 1. The topological polar surface area (TPSA) is 89.5 Å². The second kappa shape index (κ2) is 7.87. The zero-order valence-electron chi connectivity index (χ0n) is 16.6. The van der Waals surface area contributed by atoms with E-state index in [-0.39, 0.29) is 4.90 Å². The van der Waals surface area contributed by atoms with Crippen LogP contribution in [0.1, 0.15) is 32.3 Å². The van der Waals surface area contributed by atoms with Gasteiger partial charge in [0.05, 0.1) is 4.90 Å². The van der Waals surface area contributed by atoms with Crippen LogP contribution in [0.15, 0.2) is 53.4 Å². The van der Waals surface area contributed by atoms with E-state index in [1.165, 1.54) is 24.3 Å². The van der Waals surface area contributed by atoms with E-state index in [0.29, 0.717) is 21.9 Å². The first-order valence-corrected chi connectivity index (χ1v) is 11.4. The first kappa shape index (κ1) is 22.6. The molecular formula is C21H21Cl2NO5S. The van der Waals surface area contributed by atoms with Crippen molar-refractivity contribution in [3.8, 4) is 0 Å². The van der Waals surface area contributed by atoms with Gasteiger partial charge in [-0.3, -0.25) is 0 Å². The van der Waals surface area contributed by atoms with Gasteiger partial charge in [0.2, 0.25) is 0 Å². The van der Waals surface area contributed by atoms with Crippen LogP contribution in [0.5, 0.6) is 0 Å². The molecule has 1 aliphatic rings. The normalized spacial score (nSPS) is 23.5. The molecule has 0 aromatic heterocycles. The third kappa shape index (κ3) is 4.33. The van der Waals surface area contributed by atoms with Crippen LogP contribution < -0.4 is 5.32 Å². The predicted molar refractivity (Wildman–Crippen MR) is 115 cm³/mol. The second-order valence-corrected chi connectivity index (χ2v) is 11.1. The molecule has 1 fully saturated rings. The first-order chi connectivity index (χ1) is 13.9. The van der Waals surface area contributed by atoms with Crippen molar-refractivity contribution in [2.45, 2.75) is 48.0 Å². The Bertz CT molecular complexity index is 1060. The van der Waals surface area contributed by atoms with Crippen LogP contribution in [0.3, 0.4) is 0 Å². The quantitative estimate of drug-likeness (QED) is 0.655. The summed E-state index contributed by atoms with van der Waals surface area (Å²) in [6.45, 7) is 5.02. The highest BCUT2D eigenvalue weighted by atomic mass is 35.5. The Balaban J connectivity index is 2.04. The number of hydrogen-bond donors (Lipinski definition) is 1. The summed E-state index contributed by atoms with van der Waals surface area (Å²) in [4.78, 5) is 24.6. The Morgan fingerprint density at radius 2 is 1.53 bits per heavy atom. The summed E-state index contributed by atoms with van der Waals surface area (Å²) in [6.07, 6.45) is -0.406. The third-order valence-electron chi connectivity index (χ3n) is 4.80. The molecular weight excluding hydrogens is 449 g/mol. The molecule has 0 aliphatic heterocycles. The minimum absolute atomic E-state index is 0.00516. The summed E-state index contributed by atoms with van der Waals surface area (Å²) in [6, 6.07) is 12.1. The molecule has 30 heavy (non-hydrogen) atoms. The Morgan fingerprint density at radius 3 is 2.00 bits per heavy atom. The molecule has 2 aromatic carbocycles. The summed E-state index contributed by atoms with van der Waals surface area (Å²) in [5.74, 6) is -0.805. The largest absolute Gasteiger partial charge is 0.444 e. The van der Waals surface area contributed by atoms with Crippen molar-refractivity contribution in [1.29, 1.82) is 0 Å². The molecule has 1 amide bonds. The number of amides is 1. The molecule has 0 heterocycles. The van der Waals surface area contributed by atoms with Crippen molar-refractivity contribution in [1.82, 2.24) is 5.32 Å². The lowest BCUT2D eigenvalue weighted by Gasteiger charge is -2.22. The van der Waals surface area contributed by atoms with Crippen LogP contribution in [0, 0.1) is 0 Å². The van der Waals surface area contributed by atoms with E-state index < -0.39 is 38.2 Å². The zero-order chi connectivity index (χ0) is 22.3. The van der Waals surface area contributed by atoms with Gasteiger partial charge in [-0.25, -0.2) is 13.2 Å². The van der Waals surface area contributed by atoms with E-state index in [1.54, 1.807) is 45.0 Å². The molecule has 0 unspecified atom stereocenters. The van der Waals surface area contributed by atoms with Crippen LogP contribution in [0.2, 0.25) is 10.0 Å². The number of carbonyl (C=O) groups is 2. The molecule has 6 nitrogen and oxygen atoms in total. The van der Waals surface area contributed by atoms with Gasteiger partial charge in [0.25, 0.3) is 0 Å². The standard InChI is InChI=1S/C21H21Cl2NO5S/c1-20(2,3)29-19(26)24-21(12-25)17(13-4-6-14(22)7-5-13)18(21)30(27,28)16-10-8-15(23)9-11-16/h4-12,17-18H,1-3H3,(H,24,26)/t17-,18-,21-/m0/s1. The lowest BCUT2D eigenvalue weighted by molar-refractivity contribution is -0.110. The Morgan fingerprint density at radius 1 is 1.03 bits per heavy atom. The number of nitrogens with one attached hydrogen (secondary N) is 1. The van der Waals surface area contributed by atoms with Crippen molar-refractivity contribution >= 4 is 45.4 Å². The van der Waals surface area contributed by atoms with Gasteiger partial charge in [-0.2, -0.15) is 0 Å². The number of benzene rings is 2. The van der Waals surface area contributed by atoms with E-state index in [1.807, 2.05) is 0 Å². The Kier molecular flexibility index (Phi) is 5.93. The predicted octanol–water partition coefficient (Wildman–Crippen LogP) is 4.40. The molecule has 160 valence electrons. The van der Waals surface area contributed by atoms with Gasteiger partial charge in [0, 0.05) is 16.0 Å². The molecule has 1 saturated carbocycles. The third-order valence-corrected chi connectivity index (χ3v) is 7.56. The second-order valence-electron chi connectivity index (χ2n) is 8.13. The summed E-state index contributed by atoms with van der Waals surface area (Å²) >= 11 is 11.8. The van der Waals surface area contributed by atoms with Gasteiger partial charge in [-0.15, -0.1) is 0 Å². The minimum Gasteiger partial charge on any atom is -0.444 e. The Hall–Kier alpha value is -2.09. The fourth-order valence-electron chi connectivity index (χ4n) is 3.50. The lowest BCUT2D eigenvalue weighted by Crippen LogP contribution is -2.45. The summed E-state index contributed by atoms with van der Waals surface area (Å²) in [7, 11) is -3.99. The average Bonchev–Trinajstić information content (AvgIpc) is 3.30. The Labute approximate surface area is 185 Å². The summed E-state index contributed by atoms with van der Waals surface area (Å²) in [5, 5.41) is 2.14. The minimum atomic E-state index is -3.99. The first-order valence-electron chi connectivity index (χ1n) is 9.13. The lowest BCUT2D eigenvalue weighted by atomic mass is 10.1. The average molecular weight is 470 g/mol. The molecule has 1 aliphatic carbocycles. The van der Waals surface area contributed by atoms with Crippen LogP contribution in [0.25, 0.3) is 0 Å². The summed E-state index contributed by atoms with van der Waals surface area (Å²) in [5.41, 5.74) is -1.93. The van der Waals surface area contributed by atoms with E-state index >= 15 is 0 Å². The van der Waals surface area contributed by atoms with Crippen LogP contribution in [-0.2, 0) is 19.4 Å². The number of halogens is 2. The van der Waals surface area contributed by atoms with E-state index in [0.717, 1.165) is 0 Å². The molecule has 3 rings (SSSR count). The van der Waals surface area contributed by atoms with Crippen molar-refractivity contribution in [3.05, 3.63) is 64.1 Å². The number of hydrogen-bond acceptors (Lipinski definition) is 5. The highest BCUT2D eigenvalue weighted by molar-refractivity contribution is 7.92. The number of carbonyl (C=O) groups excluding carboxylic acids is 2. The molecule has 2 aromatic rings. The van der Waals surface area contributed by atoms with Crippen LogP contribution >= 0.6 is 23.2 Å². The number of ether oxygens (including phenoxy) is 1. The van der Waals surface area contributed by atoms with E-state index in [4.69, 9.17) is 27.9 Å². The van der Waals surface area contributed by atoms with E-state index in [9.17, 15) is 18.0 Å². The highest BCUT2D eigenvalue weighted by Gasteiger charge is 2.73. The smallest absolute Gasteiger partial charge is 0.408 e. The van der Waals surface area contributed by atoms with Crippen molar-refractivity contribution < 1.29 is 22.7 Å². The van der Waals surface area contributed by atoms with Gasteiger partial charge in [0.1, 0.15) is 22.7 Å². The SMILES string of the molecule is CC(C)(C)OC(=O)N[C@@]1(C=O)[C@@H](c2ccc(Cl)cc2)[C@@H]1S(=O)(=O)c1ccc(Cl)cc1. The number of rotatable bonds is 5. The molecule has 0 spiro atoms. The fraction of sp³-hybridized carbons (Fsp3) is 0.333. The molecule has 1 N–H and O–H groups in total. The van der Waals surface area contributed by atoms with Gasteiger partial charge in [-0.1, -0.05) is 35.3 Å². The van der Waals surface area contributed by atoms with Crippen LogP contribution in [-0.4, -0.2) is 37.2 Å². The number of sulfone groups is 1. The molecule has 9 heteroatoms. The monoisotopic (exact) mass is 469 g/mol. The van der Waals surface area contributed by atoms with Gasteiger partial charge in [0.15, 0.2) is 9.84 Å². The summed E-state index contributed by atoms with van der Waals surface area (Å²) < 4.78 is 32.0. The van der Waals surface area contributed by atoms with Crippen molar-refractivity contribution in [2.24, 2.45) is 0 Å². The van der Waals surface area contributed by atoms with E-state index in [2.05, 4.69) is 5.32 Å². The maximum absolute atomic E-state index is 13.4. The molecule has 0 bridgehead atoms. The van der Waals surface area contributed by atoms with Gasteiger partial charge in [-0.05, 0) is 62.7 Å². The maximum Gasteiger partial charge on any atom is 0.408 e. The van der Waals surface area contributed by atoms with Crippen LogP contribution in [0.4, 0.5) is 4.79 Å². The number of aldehydes is 1. The molecule has 0 saturated heterocycles. The zero-order valence-corrected chi connectivity index (χ0v) is 18.9. The van der Waals surface area contributed by atoms with Crippen molar-refractivity contribution in [2.75, 3.05) is 0 Å². The van der Waals surface area contributed by atoms with Gasteiger partial charge >= 0.3 is 6.09 Å². The molecule has 0 radical (unpaired) electrons. The fourth-order valence-corrected chi connectivity index (χ4v) is 6.00. The highest BCUT2D eigenvalue weighted by Crippen LogP contribution is 2.56.